The summed E-state index contributed by atoms with van der Waals surface area (Å²) in [6.45, 7) is 4.62. The van der Waals surface area contributed by atoms with Gasteiger partial charge >= 0.3 is 5.97 Å². The second kappa shape index (κ2) is 2.87. The van der Waals surface area contributed by atoms with Gasteiger partial charge in [0.1, 0.15) is 0 Å². The zero-order chi connectivity index (χ0) is 12.5. The van der Waals surface area contributed by atoms with E-state index < -0.39 is 0 Å². The summed E-state index contributed by atoms with van der Waals surface area (Å²) in [6, 6.07) is 0. The minimum atomic E-state index is -0.290. The van der Waals surface area contributed by atoms with E-state index in [1.54, 1.807) is 0 Å². The third-order valence-electron chi connectivity index (χ3n) is 5.25. The zero-order valence-electron chi connectivity index (χ0n) is 11.1. The lowest BCUT2D eigenvalue weighted by Crippen LogP contribution is -2.67. The molecule has 4 fully saturated rings. The summed E-state index contributed by atoms with van der Waals surface area (Å²) in [5.41, 5.74) is 6.62. The number of methoxy groups -OCH3 is 1. The highest BCUT2D eigenvalue weighted by Crippen LogP contribution is 2.70. The van der Waals surface area contributed by atoms with Crippen LogP contribution in [0.1, 0.15) is 52.4 Å². The smallest absolute Gasteiger partial charge is 0.311 e. The molecule has 0 aromatic heterocycles. The van der Waals surface area contributed by atoms with E-state index >= 15 is 0 Å². The molecular formula is C14H23NO2. The molecule has 4 saturated carbocycles. The average molecular weight is 237 g/mol. The molecule has 0 radical (unpaired) electrons. The molecule has 0 aromatic rings. The number of rotatable bonds is 1. The first-order valence-corrected chi connectivity index (χ1v) is 6.60. The molecule has 4 bridgehead atoms. The predicted octanol–water partition coefficient (Wildman–Crippen LogP) is 2.24. The van der Waals surface area contributed by atoms with E-state index in [2.05, 4.69) is 13.8 Å². The Hall–Kier alpha value is -0.570. The number of carbonyl (C=O) groups is 1. The highest BCUT2D eigenvalue weighted by Gasteiger charge is 2.67. The van der Waals surface area contributed by atoms with Gasteiger partial charge in [-0.1, -0.05) is 13.8 Å². The summed E-state index contributed by atoms with van der Waals surface area (Å²) in [6.07, 6.45) is 6.15. The third kappa shape index (κ3) is 1.48. The number of ether oxygens (including phenoxy) is 1. The van der Waals surface area contributed by atoms with Crippen LogP contribution in [-0.2, 0) is 9.53 Å². The van der Waals surface area contributed by atoms with Crippen LogP contribution < -0.4 is 5.73 Å². The fraction of sp³-hybridized carbons (Fsp3) is 0.929. The first-order chi connectivity index (χ1) is 7.72. The highest BCUT2D eigenvalue weighted by molar-refractivity contribution is 5.78. The summed E-state index contributed by atoms with van der Waals surface area (Å²) in [5, 5.41) is 0. The van der Waals surface area contributed by atoms with Crippen LogP contribution in [0.5, 0.6) is 0 Å². The van der Waals surface area contributed by atoms with Crippen molar-refractivity contribution in [3.8, 4) is 0 Å². The summed E-state index contributed by atoms with van der Waals surface area (Å²) in [4.78, 5) is 12.2. The van der Waals surface area contributed by atoms with Gasteiger partial charge in [0.25, 0.3) is 0 Å². The number of nitrogens with two attached hydrogens (primary N) is 1. The van der Waals surface area contributed by atoms with Crippen LogP contribution in [-0.4, -0.2) is 18.6 Å². The van der Waals surface area contributed by atoms with E-state index in [1.165, 1.54) is 13.5 Å². The Morgan fingerprint density at radius 1 is 1.00 bits per heavy atom. The molecule has 0 aliphatic heterocycles. The van der Waals surface area contributed by atoms with Crippen molar-refractivity contribution < 1.29 is 9.53 Å². The largest absolute Gasteiger partial charge is 0.469 e. The Morgan fingerprint density at radius 2 is 1.53 bits per heavy atom. The molecule has 2 atom stereocenters. The van der Waals surface area contributed by atoms with Gasteiger partial charge in [0.05, 0.1) is 12.5 Å². The van der Waals surface area contributed by atoms with Gasteiger partial charge in [0.2, 0.25) is 0 Å². The lowest BCUT2D eigenvalue weighted by Gasteiger charge is -2.67. The molecule has 0 heterocycles. The maximum Gasteiger partial charge on any atom is 0.311 e. The van der Waals surface area contributed by atoms with Crippen LogP contribution in [0.25, 0.3) is 0 Å². The second-order valence-electron chi connectivity index (χ2n) is 7.82. The Kier molecular flexibility index (Phi) is 1.95. The van der Waals surface area contributed by atoms with E-state index in [-0.39, 0.29) is 27.8 Å². The van der Waals surface area contributed by atoms with Crippen molar-refractivity contribution in [1.82, 2.24) is 0 Å². The molecule has 3 nitrogen and oxygen atoms in total. The minimum absolute atomic E-state index is 0.0242. The highest BCUT2D eigenvalue weighted by atomic mass is 16.5. The van der Waals surface area contributed by atoms with Crippen LogP contribution in [0.4, 0.5) is 0 Å². The molecule has 0 amide bonds. The number of esters is 1. The molecule has 0 spiro atoms. The molecule has 0 saturated heterocycles. The van der Waals surface area contributed by atoms with Crippen molar-refractivity contribution in [3.63, 3.8) is 0 Å². The van der Waals surface area contributed by atoms with E-state index in [0.717, 1.165) is 32.1 Å². The Bertz CT molecular complexity index is 336. The number of carbonyl (C=O) groups excluding carboxylic acids is 1. The van der Waals surface area contributed by atoms with Crippen molar-refractivity contribution in [2.75, 3.05) is 7.11 Å². The van der Waals surface area contributed by atoms with Crippen LogP contribution in [0.2, 0.25) is 0 Å². The standard InChI is InChI=1S/C14H23NO2/c1-11-4-12(2)6-13(5-11,10(16)17-3)9-14(15,7-11)8-12/h4-9,15H2,1-3H3. The van der Waals surface area contributed by atoms with Crippen molar-refractivity contribution in [2.45, 2.75) is 57.9 Å². The van der Waals surface area contributed by atoms with E-state index in [9.17, 15) is 4.79 Å². The SMILES string of the molecule is COC(=O)C12CC3(C)CC(C)(CC(N)(C3)C1)C2. The van der Waals surface area contributed by atoms with E-state index in [1.807, 2.05) is 0 Å². The van der Waals surface area contributed by atoms with E-state index in [4.69, 9.17) is 10.5 Å². The molecule has 0 aromatic carbocycles. The summed E-state index contributed by atoms with van der Waals surface area (Å²) >= 11 is 0. The first-order valence-electron chi connectivity index (χ1n) is 6.60. The van der Waals surface area contributed by atoms with Crippen molar-refractivity contribution in [2.24, 2.45) is 22.0 Å². The molecule has 2 unspecified atom stereocenters. The molecular weight excluding hydrogens is 214 g/mol. The van der Waals surface area contributed by atoms with Crippen LogP contribution in [0.3, 0.4) is 0 Å². The summed E-state index contributed by atoms with van der Waals surface area (Å²) in [5.74, 6) is -0.0242. The Balaban J connectivity index is 2.07. The Labute approximate surface area is 103 Å². The first kappa shape index (κ1) is 11.5. The van der Waals surface area contributed by atoms with Gasteiger partial charge in [0.15, 0.2) is 0 Å². The van der Waals surface area contributed by atoms with Crippen LogP contribution in [0.15, 0.2) is 0 Å². The topological polar surface area (TPSA) is 52.3 Å². The van der Waals surface area contributed by atoms with Crippen LogP contribution >= 0.6 is 0 Å². The number of hydrogen-bond acceptors (Lipinski definition) is 3. The summed E-state index contributed by atoms with van der Waals surface area (Å²) < 4.78 is 5.08. The van der Waals surface area contributed by atoms with Crippen molar-refractivity contribution in [3.05, 3.63) is 0 Å². The minimum Gasteiger partial charge on any atom is -0.469 e. The second-order valence-corrected chi connectivity index (χ2v) is 7.82. The molecule has 4 aliphatic rings. The normalized spacial score (nSPS) is 56.0. The van der Waals surface area contributed by atoms with Gasteiger partial charge in [-0.25, -0.2) is 0 Å². The molecule has 2 N–H and O–H groups in total. The fourth-order valence-corrected chi connectivity index (χ4v) is 6.22. The van der Waals surface area contributed by atoms with Crippen molar-refractivity contribution in [1.29, 1.82) is 0 Å². The quantitative estimate of drug-likeness (QED) is 0.712. The fourth-order valence-electron chi connectivity index (χ4n) is 6.22. The molecule has 3 heteroatoms. The van der Waals surface area contributed by atoms with Crippen molar-refractivity contribution >= 4 is 5.97 Å². The predicted molar refractivity (Wildman–Crippen MR) is 65.3 cm³/mol. The monoisotopic (exact) mass is 237 g/mol. The molecule has 4 rings (SSSR count). The van der Waals surface area contributed by atoms with Gasteiger partial charge in [0, 0.05) is 5.54 Å². The zero-order valence-corrected chi connectivity index (χ0v) is 11.1. The summed E-state index contributed by atoms with van der Waals surface area (Å²) in [7, 11) is 1.51. The van der Waals surface area contributed by atoms with E-state index in [0.29, 0.717) is 0 Å². The van der Waals surface area contributed by atoms with Gasteiger partial charge in [-0.15, -0.1) is 0 Å². The lowest BCUT2D eigenvalue weighted by atomic mass is 9.38. The average Bonchev–Trinajstić information content (AvgIpc) is 2.08. The molecule has 17 heavy (non-hydrogen) atoms. The van der Waals surface area contributed by atoms with Gasteiger partial charge in [-0.2, -0.15) is 0 Å². The maximum atomic E-state index is 12.2. The maximum absolute atomic E-state index is 12.2. The lowest BCUT2D eigenvalue weighted by molar-refractivity contribution is -0.192. The Morgan fingerprint density at radius 3 is 1.94 bits per heavy atom. The van der Waals surface area contributed by atoms with Gasteiger partial charge < -0.3 is 10.5 Å². The van der Waals surface area contributed by atoms with Crippen LogP contribution in [0, 0.1) is 16.2 Å². The third-order valence-corrected chi connectivity index (χ3v) is 5.25. The molecule has 4 aliphatic carbocycles. The molecule has 96 valence electrons. The van der Waals surface area contributed by atoms with Gasteiger partial charge in [-0.05, 0) is 49.4 Å². The van der Waals surface area contributed by atoms with Gasteiger partial charge in [-0.3, -0.25) is 4.79 Å². The number of hydrogen-bond donors (Lipinski definition) is 1.